The molecule has 3 rings (SSSR count). The number of hydrogen-bond donors (Lipinski definition) is 1. The summed E-state index contributed by atoms with van der Waals surface area (Å²) in [5.74, 6) is -0.316. The third-order valence-electron chi connectivity index (χ3n) is 3.85. The van der Waals surface area contributed by atoms with Gasteiger partial charge in [0.25, 0.3) is 0 Å². The van der Waals surface area contributed by atoms with Crippen LogP contribution in [0.1, 0.15) is 15.9 Å². The molecule has 0 aliphatic carbocycles. The third kappa shape index (κ3) is 3.88. The van der Waals surface area contributed by atoms with E-state index in [-0.39, 0.29) is 17.4 Å². The molecule has 0 amide bonds. The summed E-state index contributed by atoms with van der Waals surface area (Å²) in [5, 5.41) is 7.78. The molecule has 3 aromatic rings. The van der Waals surface area contributed by atoms with Crippen LogP contribution >= 0.6 is 23.2 Å². The zero-order chi connectivity index (χ0) is 18.7. The molecule has 0 aliphatic heterocycles. The van der Waals surface area contributed by atoms with Crippen molar-refractivity contribution >= 4 is 29.0 Å². The van der Waals surface area contributed by atoms with Gasteiger partial charge in [-0.05, 0) is 42.9 Å². The summed E-state index contributed by atoms with van der Waals surface area (Å²) in [6, 6.07) is 12.1. The Kier molecular flexibility index (Phi) is 5.56. The minimum absolute atomic E-state index is 0.203. The van der Waals surface area contributed by atoms with Crippen molar-refractivity contribution in [2.75, 3.05) is 7.05 Å². The number of Topliss-reactive ketones (excluding diaryl/α,β-unsaturated/α-hetero) is 1. The van der Waals surface area contributed by atoms with Crippen molar-refractivity contribution in [3.63, 3.8) is 0 Å². The first-order chi connectivity index (χ1) is 12.5. The lowest BCUT2D eigenvalue weighted by Crippen LogP contribution is -2.27. The number of aromatic nitrogens is 3. The van der Waals surface area contributed by atoms with Crippen LogP contribution in [0.15, 0.2) is 53.6 Å². The Hall–Kier alpha value is -2.41. The van der Waals surface area contributed by atoms with E-state index in [1.54, 1.807) is 6.07 Å². The third-order valence-corrected chi connectivity index (χ3v) is 4.40. The average molecular weight is 391 g/mol. The van der Waals surface area contributed by atoms with E-state index < -0.39 is 5.69 Å². The summed E-state index contributed by atoms with van der Waals surface area (Å²) in [7, 11) is 1.87. The Balaban J connectivity index is 1.82. The SMILES string of the molecule is CNCc1ccc(-n2cnn(CC(=O)c3ccc(Cl)cc3Cl)c2=O)cc1. The Bertz CT molecular complexity index is 993. The van der Waals surface area contributed by atoms with Gasteiger partial charge >= 0.3 is 5.69 Å². The number of nitrogens with one attached hydrogen (secondary N) is 1. The van der Waals surface area contributed by atoms with Crippen molar-refractivity contribution in [3.8, 4) is 5.69 Å². The van der Waals surface area contributed by atoms with Gasteiger partial charge in [0.2, 0.25) is 0 Å². The van der Waals surface area contributed by atoms with Crippen LogP contribution in [0.25, 0.3) is 5.69 Å². The highest BCUT2D eigenvalue weighted by Gasteiger charge is 2.15. The van der Waals surface area contributed by atoms with Gasteiger partial charge in [0, 0.05) is 17.1 Å². The predicted octanol–water partition coefficient (Wildman–Crippen LogP) is 2.94. The molecule has 0 atom stereocenters. The van der Waals surface area contributed by atoms with Gasteiger partial charge in [-0.1, -0.05) is 35.3 Å². The Labute approximate surface area is 160 Å². The maximum absolute atomic E-state index is 12.5. The number of carbonyl (C=O) groups is 1. The van der Waals surface area contributed by atoms with Gasteiger partial charge in [-0.2, -0.15) is 5.10 Å². The van der Waals surface area contributed by atoms with Gasteiger partial charge in [-0.25, -0.2) is 14.0 Å². The molecular formula is C18H16Cl2N4O2. The minimum atomic E-state index is -0.398. The summed E-state index contributed by atoms with van der Waals surface area (Å²) in [4.78, 5) is 24.9. The quantitative estimate of drug-likeness (QED) is 0.656. The van der Waals surface area contributed by atoms with Gasteiger partial charge in [0.15, 0.2) is 5.78 Å². The number of benzene rings is 2. The molecule has 1 N–H and O–H groups in total. The van der Waals surface area contributed by atoms with Crippen LogP contribution in [-0.4, -0.2) is 27.2 Å². The first-order valence-corrected chi connectivity index (χ1v) is 8.62. The van der Waals surface area contributed by atoms with Crippen molar-refractivity contribution < 1.29 is 4.79 Å². The lowest BCUT2D eigenvalue weighted by Gasteiger charge is -2.04. The number of hydrogen-bond acceptors (Lipinski definition) is 4. The molecule has 0 fully saturated rings. The molecule has 0 unspecified atom stereocenters. The first kappa shape index (κ1) is 18.4. The van der Waals surface area contributed by atoms with Gasteiger partial charge in [-0.15, -0.1) is 0 Å². The zero-order valence-corrected chi connectivity index (χ0v) is 15.5. The van der Waals surface area contributed by atoms with Crippen molar-refractivity contribution in [2.45, 2.75) is 13.1 Å². The second-order valence-electron chi connectivity index (χ2n) is 5.69. The molecule has 134 valence electrons. The fourth-order valence-electron chi connectivity index (χ4n) is 2.54. The number of nitrogens with zero attached hydrogens (tertiary/aromatic N) is 3. The van der Waals surface area contributed by atoms with E-state index in [4.69, 9.17) is 23.2 Å². The van der Waals surface area contributed by atoms with E-state index >= 15 is 0 Å². The molecule has 0 bridgehead atoms. The van der Waals surface area contributed by atoms with Gasteiger partial charge in [0.1, 0.15) is 12.9 Å². The average Bonchev–Trinajstić information content (AvgIpc) is 2.96. The molecule has 2 aromatic carbocycles. The normalized spacial score (nSPS) is 10.9. The van der Waals surface area contributed by atoms with Crippen LogP contribution in [0.2, 0.25) is 10.0 Å². The summed E-state index contributed by atoms with van der Waals surface area (Å²) in [6.45, 7) is 0.538. The van der Waals surface area contributed by atoms with Gasteiger partial charge in [0.05, 0.1) is 10.7 Å². The monoisotopic (exact) mass is 390 g/mol. The molecule has 26 heavy (non-hydrogen) atoms. The van der Waals surface area contributed by atoms with Crippen molar-refractivity contribution in [1.82, 2.24) is 19.7 Å². The minimum Gasteiger partial charge on any atom is -0.316 e. The lowest BCUT2D eigenvalue weighted by atomic mass is 10.1. The molecule has 0 saturated heterocycles. The largest absolute Gasteiger partial charge is 0.350 e. The summed E-state index contributed by atoms with van der Waals surface area (Å²) < 4.78 is 2.49. The molecule has 8 heteroatoms. The van der Waals surface area contributed by atoms with Crippen molar-refractivity contribution in [1.29, 1.82) is 0 Å². The summed E-state index contributed by atoms with van der Waals surface area (Å²) >= 11 is 11.9. The number of carbonyl (C=O) groups excluding carboxylic acids is 1. The smallest absolute Gasteiger partial charge is 0.316 e. The maximum atomic E-state index is 12.5. The molecule has 0 saturated carbocycles. The van der Waals surface area contributed by atoms with Crippen LogP contribution in [0.5, 0.6) is 0 Å². The Morgan fingerprint density at radius 2 is 1.88 bits per heavy atom. The zero-order valence-electron chi connectivity index (χ0n) is 13.9. The van der Waals surface area contributed by atoms with Crippen molar-refractivity contribution in [2.24, 2.45) is 0 Å². The number of ketones is 1. The highest BCUT2D eigenvalue weighted by molar-refractivity contribution is 6.36. The van der Waals surface area contributed by atoms with E-state index in [1.807, 2.05) is 31.3 Å². The number of rotatable bonds is 6. The molecule has 0 spiro atoms. The molecule has 0 aliphatic rings. The lowest BCUT2D eigenvalue weighted by molar-refractivity contribution is 0.0966. The predicted molar refractivity (Wildman–Crippen MR) is 101 cm³/mol. The van der Waals surface area contributed by atoms with Crippen LogP contribution < -0.4 is 11.0 Å². The molecule has 1 aromatic heterocycles. The van der Waals surface area contributed by atoms with E-state index in [9.17, 15) is 9.59 Å². The summed E-state index contributed by atoms with van der Waals surface area (Å²) in [5.41, 5.74) is 1.68. The van der Waals surface area contributed by atoms with Gasteiger partial charge in [-0.3, -0.25) is 4.79 Å². The second kappa shape index (κ2) is 7.86. The van der Waals surface area contributed by atoms with E-state index in [1.165, 1.54) is 23.0 Å². The van der Waals surface area contributed by atoms with E-state index in [2.05, 4.69) is 10.4 Å². The number of halogens is 2. The summed E-state index contributed by atoms with van der Waals surface area (Å²) in [6.07, 6.45) is 1.39. The van der Waals surface area contributed by atoms with E-state index in [0.29, 0.717) is 16.3 Å². The van der Waals surface area contributed by atoms with Crippen molar-refractivity contribution in [3.05, 3.63) is 80.4 Å². The molecular weight excluding hydrogens is 375 g/mol. The highest BCUT2D eigenvalue weighted by atomic mass is 35.5. The fraction of sp³-hybridized carbons (Fsp3) is 0.167. The van der Waals surface area contributed by atoms with Crippen LogP contribution in [0.4, 0.5) is 0 Å². The van der Waals surface area contributed by atoms with Crippen LogP contribution in [-0.2, 0) is 13.1 Å². The Morgan fingerprint density at radius 1 is 1.15 bits per heavy atom. The first-order valence-electron chi connectivity index (χ1n) is 7.86. The fourth-order valence-corrected chi connectivity index (χ4v) is 3.05. The highest BCUT2D eigenvalue weighted by Crippen LogP contribution is 2.21. The van der Waals surface area contributed by atoms with Gasteiger partial charge < -0.3 is 5.32 Å². The topological polar surface area (TPSA) is 68.9 Å². The standard InChI is InChI=1S/C18H16Cl2N4O2/c1-21-9-12-2-5-14(6-3-12)23-11-22-24(18(23)26)10-17(25)15-7-4-13(19)8-16(15)20/h2-8,11,21H,9-10H2,1H3. The van der Waals surface area contributed by atoms with E-state index in [0.717, 1.165) is 16.8 Å². The molecule has 6 nitrogen and oxygen atoms in total. The molecule has 0 radical (unpaired) electrons. The maximum Gasteiger partial charge on any atom is 0.350 e. The second-order valence-corrected chi connectivity index (χ2v) is 6.53. The molecule has 1 heterocycles. The Morgan fingerprint density at radius 3 is 2.54 bits per heavy atom. The van der Waals surface area contributed by atoms with Crippen LogP contribution in [0, 0.1) is 0 Å². The van der Waals surface area contributed by atoms with Crippen LogP contribution in [0.3, 0.4) is 0 Å².